The first kappa shape index (κ1) is 32.2. The fourth-order valence-electron chi connectivity index (χ4n) is 5.29. The predicted molar refractivity (Wildman–Crippen MR) is 145 cm³/mol. The van der Waals surface area contributed by atoms with Crippen LogP contribution in [0.2, 0.25) is 0 Å². The number of carbonyl (C=O) groups is 1. The Balaban J connectivity index is 1.84. The van der Waals surface area contributed by atoms with E-state index < -0.39 is 58.4 Å². The number of pyridine rings is 1. The molecule has 1 N–H and O–H groups in total. The van der Waals surface area contributed by atoms with Crippen molar-refractivity contribution in [3.05, 3.63) is 76.7 Å². The van der Waals surface area contributed by atoms with E-state index in [1.54, 1.807) is 11.8 Å². The monoisotopic (exact) mass is 615 g/mol. The van der Waals surface area contributed by atoms with Gasteiger partial charge in [-0.05, 0) is 73.9 Å². The first-order valence-corrected chi connectivity index (χ1v) is 13.2. The summed E-state index contributed by atoms with van der Waals surface area (Å²) in [5.41, 5.74) is -4.14. The van der Waals surface area contributed by atoms with E-state index in [2.05, 4.69) is 4.98 Å². The van der Waals surface area contributed by atoms with Gasteiger partial charge in [0.2, 0.25) is 5.91 Å². The summed E-state index contributed by atoms with van der Waals surface area (Å²) in [7, 11) is 1.30. The highest BCUT2D eigenvalue weighted by atomic mass is 19.4. The molecule has 1 amide bonds. The average Bonchev–Trinajstić information content (AvgIpc) is 3.31. The molecule has 0 aliphatic carbocycles. The molecule has 1 saturated heterocycles. The summed E-state index contributed by atoms with van der Waals surface area (Å²) in [6.45, 7) is 3.63. The summed E-state index contributed by atoms with van der Waals surface area (Å²) < 4.78 is 110. The summed E-state index contributed by atoms with van der Waals surface area (Å²) in [4.78, 5) is 20.9. The Hall–Kier alpha value is -3.74. The Bertz CT molecular complexity index is 1490. The lowest BCUT2D eigenvalue weighted by atomic mass is 9.81. The third-order valence-electron chi connectivity index (χ3n) is 7.73. The number of anilines is 2. The summed E-state index contributed by atoms with van der Waals surface area (Å²) in [5, 5.41) is 9.76. The van der Waals surface area contributed by atoms with Crippen LogP contribution in [0.4, 0.5) is 46.6 Å². The van der Waals surface area contributed by atoms with Gasteiger partial charge in [-0.15, -0.1) is 0 Å². The highest BCUT2D eigenvalue weighted by Gasteiger charge is 2.41. The van der Waals surface area contributed by atoms with Crippen LogP contribution in [0.1, 0.15) is 42.5 Å². The maximum atomic E-state index is 14.2. The second-order valence-corrected chi connectivity index (χ2v) is 11.1. The number of carbonyl (C=O) groups excluding carboxylic acids is 1. The summed E-state index contributed by atoms with van der Waals surface area (Å²) in [5.74, 6) is -1.13. The first-order chi connectivity index (χ1) is 19.8. The maximum absolute atomic E-state index is 14.2. The van der Waals surface area contributed by atoms with Gasteiger partial charge in [-0.25, -0.2) is 13.8 Å². The number of likely N-dealkylation sites (N-methyl/N-ethyl adjacent to an activating group) is 1. The molecule has 1 aromatic heterocycles. The fraction of sp³-hybridized carbons (Fsp3) is 0.400. The zero-order valence-electron chi connectivity index (χ0n) is 23.6. The molecule has 1 aliphatic heterocycles. The zero-order chi connectivity index (χ0) is 32.1. The molecule has 2 aromatic carbocycles. The quantitative estimate of drug-likeness (QED) is 0.301. The average molecular weight is 616 g/mol. The molecule has 4 rings (SSSR count). The number of nitrogens with zero attached hydrogens (tertiary/aromatic N) is 3. The number of amides is 1. The largest absolute Gasteiger partial charge is 0.416 e. The summed E-state index contributed by atoms with van der Waals surface area (Å²) in [6.07, 6.45) is -10.1. The molecule has 0 radical (unpaired) electrons. The predicted octanol–water partition coefficient (Wildman–Crippen LogP) is 7.08. The summed E-state index contributed by atoms with van der Waals surface area (Å²) >= 11 is 0. The van der Waals surface area contributed by atoms with Crippen molar-refractivity contribution in [2.45, 2.75) is 57.2 Å². The van der Waals surface area contributed by atoms with Crippen molar-refractivity contribution in [1.82, 2.24) is 4.98 Å². The number of aliphatic hydroxyl groups excluding tert-OH is 1. The van der Waals surface area contributed by atoms with E-state index in [0.29, 0.717) is 28.8 Å². The van der Waals surface area contributed by atoms with Crippen molar-refractivity contribution in [2.24, 2.45) is 0 Å². The Labute approximate surface area is 242 Å². The minimum atomic E-state index is -5.10. The zero-order valence-corrected chi connectivity index (χ0v) is 23.6. The van der Waals surface area contributed by atoms with Crippen molar-refractivity contribution < 1.29 is 45.0 Å². The molecule has 2 heterocycles. The van der Waals surface area contributed by atoms with Crippen LogP contribution in [0.3, 0.4) is 0 Å². The minimum Gasteiger partial charge on any atom is -0.394 e. The third-order valence-corrected chi connectivity index (χ3v) is 7.73. The molecule has 1 fully saturated rings. The molecular formula is C30H29F8N3O2. The van der Waals surface area contributed by atoms with E-state index in [9.17, 15) is 45.0 Å². The van der Waals surface area contributed by atoms with Crippen LogP contribution >= 0.6 is 0 Å². The van der Waals surface area contributed by atoms with Crippen molar-refractivity contribution in [3.8, 4) is 11.1 Å². The number of aromatic nitrogens is 1. The van der Waals surface area contributed by atoms with E-state index in [1.807, 2.05) is 0 Å². The molecule has 1 aliphatic rings. The number of rotatable bonds is 6. The third kappa shape index (κ3) is 6.46. The Kier molecular flexibility index (Phi) is 8.53. The molecular weight excluding hydrogens is 586 g/mol. The highest BCUT2D eigenvalue weighted by molar-refractivity contribution is 6.03. The van der Waals surface area contributed by atoms with Crippen LogP contribution in [-0.2, 0) is 22.6 Å². The van der Waals surface area contributed by atoms with Gasteiger partial charge in [0.15, 0.2) is 0 Å². The Morgan fingerprint density at radius 2 is 1.56 bits per heavy atom. The first-order valence-electron chi connectivity index (χ1n) is 13.2. The van der Waals surface area contributed by atoms with E-state index in [0.717, 1.165) is 4.90 Å². The van der Waals surface area contributed by atoms with Crippen LogP contribution in [-0.4, -0.2) is 48.4 Å². The lowest BCUT2D eigenvalue weighted by Crippen LogP contribution is -2.42. The van der Waals surface area contributed by atoms with Gasteiger partial charge in [-0.1, -0.05) is 6.07 Å². The van der Waals surface area contributed by atoms with Gasteiger partial charge in [-0.2, -0.15) is 26.3 Å². The molecule has 13 heteroatoms. The van der Waals surface area contributed by atoms with Gasteiger partial charge in [-0.3, -0.25) is 4.79 Å². The van der Waals surface area contributed by atoms with Gasteiger partial charge in [0.05, 0.1) is 47.6 Å². The summed E-state index contributed by atoms with van der Waals surface area (Å²) in [6, 6.07) is 5.86. The fourth-order valence-corrected chi connectivity index (χ4v) is 5.29. The van der Waals surface area contributed by atoms with Crippen LogP contribution < -0.4 is 9.80 Å². The molecule has 5 nitrogen and oxygen atoms in total. The molecule has 0 spiro atoms. The SMILES string of the molecule is Cc1cc(F)ccc1-c1cc(N2C[C@@H](F)C[C@H]2CO)ncc1N(C)C(=O)C(C)(C)c1cc(C(F)(F)F)cc(C(F)(F)F)c1. The number of hydrogen-bond acceptors (Lipinski definition) is 4. The second kappa shape index (κ2) is 11.4. The normalized spacial score (nSPS) is 17.8. The van der Waals surface area contributed by atoms with Gasteiger partial charge in [0.25, 0.3) is 0 Å². The minimum absolute atomic E-state index is 0.00813. The second-order valence-electron chi connectivity index (χ2n) is 11.1. The molecule has 2 atom stereocenters. The van der Waals surface area contributed by atoms with Crippen molar-refractivity contribution in [1.29, 1.82) is 0 Å². The number of aryl methyl sites for hydroxylation is 1. The van der Waals surface area contributed by atoms with E-state index in [-0.39, 0.29) is 37.1 Å². The Morgan fingerprint density at radius 1 is 0.977 bits per heavy atom. The van der Waals surface area contributed by atoms with Crippen molar-refractivity contribution >= 4 is 17.4 Å². The lowest BCUT2D eigenvalue weighted by molar-refractivity contribution is -0.143. The highest BCUT2D eigenvalue weighted by Crippen LogP contribution is 2.41. The van der Waals surface area contributed by atoms with Gasteiger partial charge >= 0.3 is 12.4 Å². The van der Waals surface area contributed by atoms with Crippen LogP contribution in [0.5, 0.6) is 0 Å². The standard InChI is InChI=1S/C30H29F8N3O2/c1-16-7-20(31)5-6-23(16)24-12-26(41-14-21(32)11-22(41)15-42)39-13-25(24)40(4)27(43)28(2,3)17-8-18(29(33,34)35)10-19(9-17)30(36,37)38/h5-10,12-13,21-22,42H,11,14-15H2,1-4H3/t21-,22-/m0/s1. The van der Waals surface area contributed by atoms with Crippen LogP contribution in [0.15, 0.2) is 48.7 Å². The van der Waals surface area contributed by atoms with E-state index in [4.69, 9.17) is 0 Å². The molecule has 0 bridgehead atoms. The topological polar surface area (TPSA) is 56.7 Å². The Morgan fingerprint density at radius 3 is 2.09 bits per heavy atom. The molecule has 0 saturated carbocycles. The molecule has 232 valence electrons. The van der Waals surface area contributed by atoms with Crippen molar-refractivity contribution in [3.63, 3.8) is 0 Å². The van der Waals surface area contributed by atoms with Crippen LogP contribution in [0, 0.1) is 12.7 Å². The lowest BCUT2D eigenvalue weighted by Gasteiger charge is -2.32. The van der Waals surface area contributed by atoms with E-state index in [1.165, 1.54) is 51.4 Å². The maximum Gasteiger partial charge on any atom is 0.416 e. The number of alkyl halides is 7. The van der Waals surface area contributed by atoms with Crippen molar-refractivity contribution in [2.75, 3.05) is 30.0 Å². The molecule has 43 heavy (non-hydrogen) atoms. The number of aliphatic hydroxyl groups is 1. The number of hydrogen-bond donors (Lipinski definition) is 1. The van der Waals surface area contributed by atoms with Gasteiger partial charge in [0.1, 0.15) is 17.8 Å². The van der Waals surface area contributed by atoms with Gasteiger partial charge < -0.3 is 14.9 Å². The smallest absolute Gasteiger partial charge is 0.394 e. The molecule has 0 unspecified atom stereocenters. The van der Waals surface area contributed by atoms with Crippen LogP contribution in [0.25, 0.3) is 11.1 Å². The van der Waals surface area contributed by atoms with Gasteiger partial charge in [0, 0.05) is 19.0 Å². The van der Waals surface area contributed by atoms with E-state index >= 15 is 0 Å². The number of halogens is 8. The molecule has 3 aromatic rings. The number of benzene rings is 2.